The molecule has 0 saturated carbocycles. The average Bonchev–Trinajstić information content (AvgIpc) is 3.55. The van der Waals surface area contributed by atoms with Crippen molar-refractivity contribution in [2.45, 2.75) is 39.3 Å². The van der Waals surface area contributed by atoms with Gasteiger partial charge in [-0.2, -0.15) is 0 Å². The Morgan fingerprint density at radius 2 is 1.91 bits per heavy atom. The first-order chi connectivity index (χ1) is 15.7. The molecule has 1 atom stereocenters. The van der Waals surface area contributed by atoms with E-state index in [2.05, 4.69) is 51.4 Å². The Bertz CT molecular complexity index is 798. The molecule has 2 aromatic rings. The fourth-order valence-electron chi connectivity index (χ4n) is 4.15. The number of ether oxygens (including phenoxy) is 1. The smallest absolute Gasteiger partial charge is 0.191 e. The number of hydrogen-bond acceptors (Lipinski definition) is 5. The second-order valence-corrected chi connectivity index (χ2v) is 8.06. The summed E-state index contributed by atoms with van der Waals surface area (Å²) >= 11 is 0. The molecule has 0 amide bonds. The molecule has 3 rings (SSSR count). The van der Waals surface area contributed by atoms with Crippen molar-refractivity contribution in [1.29, 1.82) is 0 Å². The molecule has 1 saturated heterocycles. The van der Waals surface area contributed by atoms with Crippen molar-refractivity contribution in [2.24, 2.45) is 4.99 Å². The topological polar surface area (TPSA) is 65.3 Å². The number of para-hydroxylation sites is 1. The molecule has 2 N–H and O–H groups in total. The van der Waals surface area contributed by atoms with Crippen LogP contribution in [0.15, 0.2) is 52.1 Å². The Kier molecular flexibility index (Phi) is 9.91. The SMILES string of the molecule is CCN(CC)CCOc1ccccc1CNC(=NC)NCC(c1ccco1)N1CCCC1. The van der Waals surface area contributed by atoms with E-state index in [0.717, 1.165) is 62.3 Å². The minimum Gasteiger partial charge on any atom is -0.492 e. The number of likely N-dealkylation sites (tertiary alicyclic amines) is 1. The number of nitrogens with zero attached hydrogens (tertiary/aromatic N) is 3. The molecule has 0 spiro atoms. The summed E-state index contributed by atoms with van der Waals surface area (Å²) in [7, 11) is 1.81. The predicted molar refractivity (Wildman–Crippen MR) is 130 cm³/mol. The van der Waals surface area contributed by atoms with E-state index in [4.69, 9.17) is 9.15 Å². The highest BCUT2D eigenvalue weighted by Crippen LogP contribution is 2.25. The summed E-state index contributed by atoms with van der Waals surface area (Å²) in [6.45, 7) is 11.7. The highest BCUT2D eigenvalue weighted by molar-refractivity contribution is 5.79. The number of benzene rings is 1. The van der Waals surface area contributed by atoms with Crippen molar-refractivity contribution >= 4 is 5.96 Å². The second kappa shape index (κ2) is 13.1. The molecule has 1 unspecified atom stereocenters. The van der Waals surface area contributed by atoms with Crippen LogP contribution in [0.2, 0.25) is 0 Å². The molecule has 1 aliphatic heterocycles. The molecule has 0 radical (unpaired) electrons. The normalized spacial score (nSPS) is 15.8. The lowest BCUT2D eigenvalue weighted by atomic mass is 10.2. The van der Waals surface area contributed by atoms with E-state index in [9.17, 15) is 0 Å². The number of rotatable bonds is 12. The highest BCUT2D eigenvalue weighted by atomic mass is 16.5. The zero-order valence-corrected chi connectivity index (χ0v) is 19.8. The molecule has 0 bridgehead atoms. The molecule has 32 heavy (non-hydrogen) atoms. The molecular weight excluding hydrogens is 402 g/mol. The van der Waals surface area contributed by atoms with Crippen LogP contribution in [0.3, 0.4) is 0 Å². The van der Waals surface area contributed by atoms with Gasteiger partial charge >= 0.3 is 0 Å². The maximum absolute atomic E-state index is 6.09. The molecular formula is C25H39N5O2. The van der Waals surface area contributed by atoms with E-state index in [-0.39, 0.29) is 6.04 Å². The van der Waals surface area contributed by atoms with Crippen LogP contribution >= 0.6 is 0 Å². The Labute approximate surface area is 192 Å². The summed E-state index contributed by atoms with van der Waals surface area (Å²) < 4.78 is 11.8. The van der Waals surface area contributed by atoms with Crippen molar-refractivity contribution in [3.8, 4) is 5.75 Å². The fraction of sp³-hybridized carbons (Fsp3) is 0.560. The van der Waals surface area contributed by atoms with E-state index < -0.39 is 0 Å². The molecule has 1 fully saturated rings. The summed E-state index contributed by atoms with van der Waals surface area (Å²) in [6, 6.07) is 12.4. The molecule has 1 aromatic carbocycles. The van der Waals surface area contributed by atoms with Gasteiger partial charge in [-0.25, -0.2) is 0 Å². The van der Waals surface area contributed by atoms with E-state index in [1.165, 1.54) is 12.8 Å². The van der Waals surface area contributed by atoms with Crippen molar-refractivity contribution < 1.29 is 9.15 Å². The Morgan fingerprint density at radius 1 is 1.12 bits per heavy atom. The summed E-state index contributed by atoms with van der Waals surface area (Å²) in [5.74, 6) is 2.70. The Hall–Kier alpha value is -2.51. The van der Waals surface area contributed by atoms with Crippen LogP contribution in [0, 0.1) is 0 Å². The lowest BCUT2D eigenvalue weighted by molar-refractivity contribution is 0.215. The monoisotopic (exact) mass is 441 g/mol. The molecule has 2 heterocycles. The van der Waals surface area contributed by atoms with Crippen molar-refractivity contribution in [3.05, 3.63) is 54.0 Å². The summed E-state index contributed by atoms with van der Waals surface area (Å²) in [4.78, 5) is 9.27. The maximum Gasteiger partial charge on any atom is 0.191 e. The maximum atomic E-state index is 6.09. The number of nitrogens with one attached hydrogen (secondary N) is 2. The van der Waals surface area contributed by atoms with Crippen LogP contribution in [-0.2, 0) is 6.54 Å². The third-order valence-corrected chi connectivity index (χ3v) is 6.12. The minimum atomic E-state index is 0.210. The van der Waals surface area contributed by atoms with E-state index >= 15 is 0 Å². The summed E-state index contributed by atoms with van der Waals surface area (Å²) in [5, 5.41) is 6.93. The third kappa shape index (κ3) is 7.00. The fourth-order valence-corrected chi connectivity index (χ4v) is 4.15. The van der Waals surface area contributed by atoms with Gasteiger partial charge in [-0.1, -0.05) is 32.0 Å². The van der Waals surface area contributed by atoms with Gasteiger partial charge in [-0.15, -0.1) is 0 Å². The van der Waals surface area contributed by atoms with E-state index in [0.29, 0.717) is 13.2 Å². The lowest BCUT2D eigenvalue weighted by Gasteiger charge is -2.26. The second-order valence-electron chi connectivity index (χ2n) is 8.06. The van der Waals surface area contributed by atoms with Gasteiger partial charge < -0.3 is 24.7 Å². The highest BCUT2D eigenvalue weighted by Gasteiger charge is 2.25. The number of furan rings is 1. The van der Waals surface area contributed by atoms with Gasteiger partial charge in [0.1, 0.15) is 18.1 Å². The van der Waals surface area contributed by atoms with Crippen LogP contribution < -0.4 is 15.4 Å². The zero-order chi connectivity index (χ0) is 22.6. The zero-order valence-electron chi connectivity index (χ0n) is 19.8. The number of guanidine groups is 1. The molecule has 1 aromatic heterocycles. The van der Waals surface area contributed by atoms with Crippen LogP contribution in [0.4, 0.5) is 0 Å². The Balaban J connectivity index is 1.53. The van der Waals surface area contributed by atoms with Crippen LogP contribution in [0.1, 0.15) is 44.1 Å². The first-order valence-electron chi connectivity index (χ1n) is 11.9. The average molecular weight is 442 g/mol. The number of hydrogen-bond donors (Lipinski definition) is 2. The molecule has 176 valence electrons. The first-order valence-corrected chi connectivity index (χ1v) is 11.9. The quantitative estimate of drug-likeness (QED) is 0.388. The predicted octanol–water partition coefficient (Wildman–Crippen LogP) is 3.50. The van der Waals surface area contributed by atoms with Crippen molar-refractivity contribution in [3.63, 3.8) is 0 Å². The largest absolute Gasteiger partial charge is 0.492 e. The van der Waals surface area contributed by atoms with Gasteiger partial charge in [0.25, 0.3) is 0 Å². The van der Waals surface area contributed by atoms with Gasteiger partial charge in [0.2, 0.25) is 0 Å². The van der Waals surface area contributed by atoms with Gasteiger partial charge in [0.15, 0.2) is 5.96 Å². The van der Waals surface area contributed by atoms with E-state index in [1.54, 1.807) is 13.3 Å². The van der Waals surface area contributed by atoms with E-state index in [1.807, 2.05) is 24.3 Å². The summed E-state index contributed by atoms with van der Waals surface area (Å²) in [6.07, 6.45) is 4.24. The van der Waals surface area contributed by atoms with Gasteiger partial charge in [0, 0.05) is 32.2 Å². The van der Waals surface area contributed by atoms with Crippen molar-refractivity contribution in [1.82, 2.24) is 20.4 Å². The van der Waals surface area contributed by atoms with Gasteiger partial charge in [0.05, 0.1) is 12.3 Å². The summed E-state index contributed by atoms with van der Waals surface area (Å²) in [5.41, 5.74) is 1.12. The third-order valence-electron chi connectivity index (χ3n) is 6.12. The Morgan fingerprint density at radius 3 is 2.59 bits per heavy atom. The standard InChI is InChI=1S/C25H39N5O2/c1-4-29(5-2)16-18-32-23-12-7-6-11-21(23)19-27-25(26-3)28-20-22(24-13-10-17-31-24)30-14-8-9-15-30/h6-7,10-13,17,22H,4-5,8-9,14-16,18-20H2,1-3H3,(H2,26,27,28). The minimum absolute atomic E-state index is 0.210. The molecule has 7 heteroatoms. The van der Waals surface area contributed by atoms with Gasteiger partial charge in [-0.05, 0) is 57.2 Å². The van der Waals surface area contributed by atoms with Gasteiger partial charge in [-0.3, -0.25) is 9.89 Å². The molecule has 7 nitrogen and oxygen atoms in total. The van der Waals surface area contributed by atoms with Crippen LogP contribution in [0.5, 0.6) is 5.75 Å². The lowest BCUT2D eigenvalue weighted by Crippen LogP contribution is -2.42. The van der Waals surface area contributed by atoms with Crippen LogP contribution in [0.25, 0.3) is 0 Å². The van der Waals surface area contributed by atoms with Crippen molar-refractivity contribution in [2.75, 3.05) is 52.9 Å². The first kappa shape index (κ1) is 24.1. The van der Waals surface area contributed by atoms with Crippen LogP contribution in [-0.4, -0.2) is 68.7 Å². The number of aliphatic imine (C=N–C) groups is 1. The molecule has 1 aliphatic rings. The number of likely N-dealkylation sites (N-methyl/N-ethyl adjacent to an activating group) is 1. The molecule has 0 aliphatic carbocycles.